The number of hydrogen-bond donors (Lipinski definition) is 3. The number of carboxylic acids is 1. The number of aromatic nitrogens is 2. The van der Waals surface area contributed by atoms with Crippen molar-refractivity contribution >= 4 is 11.9 Å². The van der Waals surface area contributed by atoms with E-state index in [1.165, 1.54) is 12.8 Å². The summed E-state index contributed by atoms with van der Waals surface area (Å²) in [7, 11) is 0. The molecule has 1 aromatic heterocycles. The number of aliphatic carboxylic acids is 1. The highest BCUT2D eigenvalue weighted by atomic mass is 16.4. The number of hydrogen-bond acceptors (Lipinski definition) is 4. The number of rotatable bonds is 7. The molecule has 0 radical (unpaired) electrons. The number of aryl methyl sites for hydroxylation is 1. The van der Waals surface area contributed by atoms with E-state index in [1.807, 2.05) is 0 Å². The summed E-state index contributed by atoms with van der Waals surface area (Å²) < 4.78 is 0. The fourth-order valence-corrected chi connectivity index (χ4v) is 3.91. The molecule has 0 bridgehead atoms. The molecule has 0 aliphatic heterocycles. The molecule has 2 fully saturated rings. The lowest BCUT2D eigenvalue weighted by Crippen LogP contribution is -2.55. The number of carbonyl (C=O) groups is 2. The van der Waals surface area contributed by atoms with Crippen LogP contribution in [0.1, 0.15) is 53.8 Å². The van der Waals surface area contributed by atoms with Gasteiger partial charge in [-0.2, -0.15) is 5.10 Å². The molecular weight excluding hydrogens is 308 g/mol. The van der Waals surface area contributed by atoms with Gasteiger partial charge in [0, 0.05) is 29.9 Å². The quantitative estimate of drug-likeness (QED) is 0.691. The molecule has 3 aliphatic rings. The van der Waals surface area contributed by atoms with Gasteiger partial charge in [-0.25, -0.2) is 0 Å². The van der Waals surface area contributed by atoms with Crippen molar-refractivity contribution in [3.8, 4) is 0 Å². The second-order valence-electron chi connectivity index (χ2n) is 7.45. The molecule has 24 heavy (non-hydrogen) atoms. The van der Waals surface area contributed by atoms with Crippen LogP contribution in [0.4, 0.5) is 0 Å². The van der Waals surface area contributed by atoms with Crippen molar-refractivity contribution in [2.45, 2.75) is 57.0 Å². The molecule has 3 N–H and O–H groups in total. The van der Waals surface area contributed by atoms with E-state index in [9.17, 15) is 9.59 Å². The Labute approximate surface area is 140 Å². The van der Waals surface area contributed by atoms with Crippen LogP contribution in [0.3, 0.4) is 0 Å². The number of fused-ring (bicyclic) bond motifs is 1. The van der Waals surface area contributed by atoms with Gasteiger partial charge in [0.25, 0.3) is 5.91 Å². The smallest absolute Gasteiger partial charge is 0.317 e. The Hall–Kier alpha value is -1.89. The van der Waals surface area contributed by atoms with Crippen molar-refractivity contribution in [1.29, 1.82) is 0 Å². The Morgan fingerprint density at radius 3 is 2.79 bits per heavy atom. The van der Waals surface area contributed by atoms with E-state index in [4.69, 9.17) is 5.11 Å². The molecule has 0 unspecified atom stereocenters. The second kappa shape index (κ2) is 6.20. The molecule has 1 aromatic rings. The summed E-state index contributed by atoms with van der Waals surface area (Å²) >= 11 is 0. The van der Waals surface area contributed by atoms with E-state index in [0.29, 0.717) is 11.6 Å². The normalized spacial score (nSPS) is 25.4. The van der Waals surface area contributed by atoms with Crippen LogP contribution in [0.15, 0.2) is 0 Å². The summed E-state index contributed by atoms with van der Waals surface area (Å²) in [6.07, 6.45) is 7.08. The summed E-state index contributed by atoms with van der Waals surface area (Å²) in [5.74, 6) is -0.190. The van der Waals surface area contributed by atoms with E-state index in [2.05, 4.69) is 20.4 Å². The zero-order valence-corrected chi connectivity index (χ0v) is 13.8. The van der Waals surface area contributed by atoms with Crippen LogP contribution >= 0.6 is 0 Å². The first kappa shape index (κ1) is 15.6. The predicted molar refractivity (Wildman–Crippen MR) is 86.8 cm³/mol. The summed E-state index contributed by atoms with van der Waals surface area (Å²) in [5.41, 5.74) is 2.72. The van der Waals surface area contributed by atoms with Crippen LogP contribution in [0.2, 0.25) is 0 Å². The van der Waals surface area contributed by atoms with E-state index in [0.717, 1.165) is 49.9 Å². The Kier molecular flexibility index (Phi) is 4.04. The lowest BCUT2D eigenvalue weighted by molar-refractivity contribution is -0.139. The first-order valence-electron chi connectivity index (χ1n) is 8.93. The lowest BCUT2D eigenvalue weighted by atomic mass is 9.85. The van der Waals surface area contributed by atoms with Crippen molar-refractivity contribution in [3.05, 3.63) is 17.0 Å². The molecule has 1 amide bonds. The number of H-pyrrole nitrogens is 1. The minimum Gasteiger partial charge on any atom is -0.480 e. The maximum atomic E-state index is 12.4. The molecule has 7 heteroatoms. The number of carbonyl (C=O) groups excluding carboxylic acids is 1. The first-order valence-corrected chi connectivity index (χ1v) is 8.93. The van der Waals surface area contributed by atoms with Crippen LogP contribution < -0.4 is 5.32 Å². The van der Waals surface area contributed by atoms with Gasteiger partial charge in [0.05, 0.1) is 6.54 Å². The average molecular weight is 332 g/mol. The summed E-state index contributed by atoms with van der Waals surface area (Å²) in [4.78, 5) is 25.5. The molecule has 2 saturated carbocycles. The molecule has 0 saturated heterocycles. The van der Waals surface area contributed by atoms with Crippen molar-refractivity contribution in [2.24, 2.45) is 5.92 Å². The molecule has 3 aliphatic carbocycles. The van der Waals surface area contributed by atoms with Crippen molar-refractivity contribution in [3.63, 3.8) is 0 Å². The molecule has 130 valence electrons. The van der Waals surface area contributed by atoms with Crippen LogP contribution in [0.25, 0.3) is 0 Å². The predicted octanol–water partition coefficient (Wildman–Crippen LogP) is 0.956. The lowest BCUT2D eigenvalue weighted by Gasteiger charge is -2.42. The van der Waals surface area contributed by atoms with Gasteiger partial charge in [0.15, 0.2) is 5.69 Å². The van der Waals surface area contributed by atoms with Crippen LogP contribution in [0, 0.1) is 5.92 Å². The minimum absolute atomic E-state index is 0.0928. The largest absolute Gasteiger partial charge is 0.480 e. The van der Waals surface area contributed by atoms with Crippen molar-refractivity contribution < 1.29 is 14.7 Å². The Balaban J connectivity index is 1.30. The number of aromatic amines is 1. The molecular formula is C17H24N4O3. The third kappa shape index (κ3) is 3.17. The molecule has 1 heterocycles. The summed E-state index contributed by atoms with van der Waals surface area (Å²) in [6.45, 7) is 0.985. The number of amides is 1. The van der Waals surface area contributed by atoms with Crippen LogP contribution in [-0.2, 0) is 17.6 Å². The zero-order valence-electron chi connectivity index (χ0n) is 13.8. The van der Waals surface area contributed by atoms with E-state index < -0.39 is 5.97 Å². The van der Waals surface area contributed by atoms with Gasteiger partial charge in [0.1, 0.15) is 0 Å². The van der Waals surface area contributed by atoms with Crippen molar-refractivity contribution in [2.75, 3.05) is 13.1 Å². The molecule has 0 aromatic carbocycles. The number of nitrogens with zero attached hydrogens (tertiary/aromatic N) is 2. The SMILES string of the molecule is O=C(O)CN(CC1CC1)C1CC(NC(=O)c2n[nH]c3c2CCC3)C1. The number of carboxylic acid groups (broad SMARTS) is 1. The van der Waals surface area contributed by atoms with E-state index >= 15 is 0 Å². The monoisotopic (exact) mass is 332 g/mol. The standard InChI is InChI=1S/C17H24N4O3/c22-15(23)9-21(8-10-4-5-10)12-6-11(7-12)18-17(24)16-13-2-1-3-14(13)19-20-16/h10-12H,1-9H2,(H,18,24)(H,19,20)(H,22,23). The van der Waals surface area contributed by atoms with Crippen LogP contribution in [-0.4, -0.2) is 57.3 Å². The van der Waals surface area contributed by atoms with Gasteiger partial charge in [0.2, 0.25) is 0 Å². The minimum atomic E-state index is -0.768. The fraction of sp³-hybridized carbons (Fsp3) is 0.706. The van der Waals surface area contributed by atoms with Gasteiger partial charge in [-0.1, -0.05) is 0 Å². The Morgan fingerprint density at radius 2 is 2.08 bits per heavy atom. The highest BCUT2D eigenvalue weighted by Crippen LogP contribution is 2.34. The molecule has 0 spiro atoms. The Morgan fingerprint density at radius 1 is 1.29 bits per heavy atom. The number of nitrogens with one attached hydrogen (secondary N) is 2. The molecule has 0 atom stereocenters. The van der Waals surface area contributed by atoms with Crippen LogP contribution in [0.5, 0.6) is 0 Å². The summed E-state index contributed by atoms with van der Waals surface area (Å²) in [6, 6.07) is 0.406. The zero-order chi connectivity index (χ0) is 16.7. The fourth-order valence-electron chi connectivity index (χ4n) is 3.91. The first-order chi connectivity index (χ1) is 11.6. The van der Waals surface area contributed by atoms with Gasteiger partial charge in [-0.15, -0.1) is 0 Å². The average Bonchev–Trinajstić information content (AvgIpc) is 3.02. The van der Waals surface area contributed by atoms with Crippen molar-refractivity contribution in [1.82, 2.24) is 20.4 Å². The third-order valence-electron chi connectivity index (χ3n) is 5.51. The van der Waals surface area contributed by atoms with Gasteiger partial charge in [-0.3, -0.25) is 19.6 Å². The molecule has 4 rings (SSSR count). The maximum absolute atomic E-state index is 12.4. The highest BCUT2D eigenvalue weighted by Gasteiger charge is 2.38. The van der Waals surface area contributed by atoms with Gasteiger partial charge >= 0.3 is 5.97 Å². The third-order valence-corrected chi connectivity index (χ3v) is 5.51. The Bertz CT molecular complexity index is 646. The molecule has 7 nitrogen and oxygen atoms in total. The summed E-state index contributed by atoms with van der Waals surface area (Å²) in [5, 5.41) is 19.3. The maximum Gasteiger partial charge on any atom is 0.317 e. The van der Waals surface area contributed by atoms with E-state index in [1.54, 1.807) is 0 Å². The topological polar surface area (TPSA) is 98.3 Å². The second-order valence-corrected chi connectivity index (χ2v) is 7.45. The van der Waals surface area contributed by atoms with Gasteiger partial charge in [-0.05, 0) is 50.9 Å². The highest BCUT2D eigenvalue weighted by molar-refractivity contribution is 5.94. The van der Waals surface area contributed by atoms with Gasteiger partial charge < -0.3 is 10.4 Å². The van der Waals surface area contributed by atoms with E-state index in [-0.39, 0.29) is 24.5 Å².